The lowest BCUT2D eigenvalue weighted by Crippen LogP contribution is -2.43. The maximum Gasteiger partial charge on any atom is 0.270 e. The molecule has 0 bridgehead atoms. The molecule has 1 aliphatic rings. The number of nitrogen functional groups attached to an aromatic ring is 1. The van der Waals surface area contributed by atoms with Gasteiger partial charge in [0.1, 0.15) is 5.82 Å². The third kappa shape index (κ3) is 3.58. The highest BCUT2D eigenvalue weighted by molar-refractivity contribution is 5.69. The molecule has 156 valence electrons. The lowest BCUT2D eigenvalue weighted by atomic mass is 10.2. The molecule has 1 aromatic carbocycles. The fourth-order valence-corrected chi connectivity index (χ4v) is 3.33. The number of hydrogen-bond acceptors (Lipinski definition) is 9. The molecule has 0 spiro atoms. The smallest absolute Gasteiger partial charge is 0.270 e. The van der Waals surface area contributed by atoms with E-state index < -0.39 is 0 Å². The fourth-order valence-electron chi connectivity index (χ4n) is 3.33. The predicted octanol–water partition coefficient (Wildman–Crippen LogP) is 2.99. The van der Waals surface area contributed by atoms with Crippen molar-refractivity contribution < 1.29 is 8.70 Å². The molecule has 4 heterocycles. The molecule has 1 fully saturated rings. The monoisotopic (exact) mass is 406 g/mol. The standard InChI is InChI=1S/C21H20N8O.3H2/c22-19-18(21-28-27-20(30-21)14-4-2-1-3-5-14)26-16(13-25-19)15-6-7-17(24-12-15)29-10-8-23-9-11-29;;;/h1-7,12-13,23H,8-11H2,(H2,22,25);3*1H. The van der Waals surface area contributed by atoms with Gasteiger partial charge in [0, 0.05) is 47.8 Å². The zero-order valence-electron chi connectivity index (χ0n) is 16.2. The second-order valence-corrected chi connectivity index (χ2v) is 6.91. The van der Waals surface area contributed by atoms with E-state index in [1.165, 1.54) is 0 Å². The summed E-state index contributed by atoms with van der Waals surface area (Å²) in [6.45, 7) is 3.81. The van der Waals surface area contributed by atoms with Crippen LogP contribution >= 0.6 is 0 Å². The van der Waals surface area contributed by atoms with Gasteiger partial charge in [-0.25, -0.2) is 15.0 Å². The molecule has 1 aliphatic heterocycles. The number of piperazine rings is 1. The van der Waals surface area contributed by atoms with Crippen LogP contribution in [0.25, 0.3) is 34.3 Å². The number of anilines is 2. The zero-order chi connectivity index (χ0) is 20.3. The van der Waals surface area contributed by atoms with E-state index in [1.807, 2.05) is 42.5 Å². The summed E-state index contributed by atoms with van der Waals surface area (Å²) in [6.07, 6.45) is 3.42. The highest BCUT2D eigenvalue weighted by Crippen LogP contribution is 2.28. The second kappa shape index (κ2) is 7.88. The molecule has 0 radical (unpaired) electrons. The molecule has 0 amide bonds. The van der Waals surface area contributed by atoms with Crippen LogP contribution in [0.3, 0.4) is 0 Å². The fraction of sp³-hybridized carbons (Fsp3) is 0.190. The van der Waals surface area contributed by atoms with Crippen molar-refractivity contribution in [3.63, 3.8) is 0 Å². The average Bonchev–Trinajstić information content (AvgIpc) is 3.31. The molecule has 1 saturated heterocycles. The number of rotatable bonds is 4. The minimum absolute atomic E-state index is 0. The van der Waals surface area contributed by atoms with Crippen LogP contribution in [0.1, 0.15) is 4.28 Å². The minimum atomic E-state index is 0. The summed E-state index contributed by atoms with van der Waals surface area (Å²) < 4.78 is 5.79. The van der Waals surface area contributed by atoms with Crippen LogP contribution < -0.4 is 16.0 Å². The Bertz CT molecular complexity index is 1150. The van der Waals surface area contributed by atoms with Gasteiger partial charge < -0.3 is 20.4 Å². The first-order valence-electron chi connectivity index (χ1n) is 9.72. The van der Waals surface area contributed by atoms with Gasteiger partial charge in [-0.15, -0.1) is 10.2 Å². The van der Waals surface area contributed by atoms with Gasteiger partial charge in [-0.2, -0.15) is 0 Å². The number of benzene rings is 1. The quantitative estimate of drug-likeness (QED) is 0.527. The van der Waals surface area contributed by atoms with Crippen molar-refractivity contribution >= 4 is 11.6 Å². The zero-order valence-corrected chi connectivity index (χ0v) is 16.2. The number of hydrogen-bond donors (Lipinski definition) is 2. The average molecular weight is 406 g/mol. The van der Waals surface area contributed by atoms with Crippen molar-refractivity contribution in [1.29, 1.82) is 0 Å². The van der Waals surface area contributed by atoms with Crippen molar-refractivity contribution in [2.75, 3.05) is 36.8 Å². The van der Waals surface area contributed by atoms with Crippen LogP contribution in [0.15, 0.2) is 59.3 Å². The minimum Gasteiger partial charge on any atom is -0.414 e. The van der Waals surface area contributed by atoms with Crippen LogP contribution in [0, 0.1) is 0 Å². The molecule has 5 rings (SSSR count). The summed E-state index contributed by atoms with van der Waals surface area (Å²) in [6, 6.07) is 13.5. The van der Waals surface area contributed by atoms with Gasteiger partial charge in [-0.1, -0.05) is 18.2 Å². The van der Waals surface area contributed by atoms with Gasteiger partial charge in [-0.3, -0.25) is 0 Å². The van der Waals surface area contributed by atoms with Crippen molar-refractivity contribution in [3.05, 3.63) is 54.9 Å². The van der Waals surface area contributed by atoms with Gasteiger partial charge in [0.15, 0.2) is 11.5 Å². The highest BCUT2D eigenvalue weighted by atomic mass is 16.4. The van der Waals surface area contributed by atoms with Crippen molar-refractivity contribution in [2.45, 2.75) is 0 Å². The van der Waals surface area contributed by atoms with Gasteiger partial charge in [0.2, 0.25) is 5.89 Å². The Morgan fingerprint density at radius 1 is 0.900 bits per heavy atom. The van der Waals surface area contributed by atoms with E-state index in [4.69, 9.17) is 10.2 Å². The lowest BCUT2D eigenvalue weighted by Gasteiger charge is -2.28. The SMILES string of the molecule is Nc1ncc(-c2ccc(N3CCNCC3)nc2)nc1-c1nnc(-c2ccccc2)o1.[HH].[HH].[HH]. The van der Waals surface area contributed by atoms with Crippen molar-refractivity contribution in [1.82, 2.24) is 30.5 Å². The molecule has 0 atom stereocenters. The van der Waals surface area contributed by atoms with Gasteiger partial charge in [0.25, 0.3) is 5.89 Å². The Labute approximate surface area is 177 Å². The van der Waals surface area contributed by atoms with Crippen molar-refractivity contribution in [3.8, 4) is 34.3 Å². The van der Waals surface area contributed by atoms with E-state index in [2.05, 4.69) is 35.4 Å². The first-order valence-corrected chi connectivity index (χ1v) is 9.72. The molecule has 3 aromatic heterocycles. The van der Waals surface area contributed by atoms with Gasteiger partial charge >= 0.3 is 0 Å². The second-order valence-electron chi connectivity index (χ2n) is 6.91. The Morgan fingerprint density at radius 3 is 2.47 bits per heavy atom. The van der Waals surface area contributed by atoms with E-state index in [9.17, 15) is 0 Å². The third-order valence-electron chi connectivity index (χ3n) is 4.93. The topological polar surface area (TPSA) is 119 Å². The number of pyridine rings is 1. The van der Waals surface area contributed by atoms with E-state index in [0.717, 1.165) is 43.1 Å². The maximum absolute atomic E-state index is 6.04. The number of aromatic nitrogens is 5. The Kier molecular flexibility index (Phi) is 4.78. The molecule has 4 aromatic rings. The van der Waals surface area contributed by atoms with Crippen LogP contribution in [0.4, 0.5) is 11.6 Å². The Hall–Kier alpha value is -3.85. The summed E-state index contributed by atoms with van der Waals surface area (Å²) in [7, 11) is 0. The molecular weight excluding hydrogens is 380 g/mol. The molecule has 3 N–H and O–H groups in total. The molecule has 0 aliphatic carbocycles. The largest absolute Gasteiger partial charge is 0.414 e. The molecule has 0 saturated carbocycles. The number of nitrogens with two attached hydrogens (primary N) is 1. The number of nitrogens with one attached hydrogen (secondary N) is 1. The number of nitrogens with zero attached hydrogens (tertiary/aromatic N) is 6. The van der Waals surface area contributed by atoms with Crippen LogP contribution in [-0.2, 0) is 0 Å². The van der Waals surface area contributed by atoms with E-state index in [1.54, 1.807) is 12.4 Å². The molecule has 9 heteroatoms. The summed E-state index contributed by atoms with van der Waals surface area (Å²) in [5, 5.41) is 11.6. The summed E-state index contributed by atoms with van der Waals surface area (Å²) >= 11 is 0. The third-order valence-corrected chi connectivity index (χ3v) is 4.93. The van der Waals surface area contributed by atoms with Crippen LogP contribution in [0.2, 0.25) is 0 Å². The first-order chi connectivity index (χ1) is 14.8. The summed E-state index contributed by atoms with van der Waals surface area (Å²) in [4.78, 5) is 15.7. The predicted molar refractivity (Wildman–Crippen MR) is 120 cm³/mol. The normalized spacial score (nSPS) is 14.1. The molecule has 9 nitrogen and oxygen atoms in total. The van der Waals surface area contributed by atoms with E-state index in [0.29, 0.717) is 17.3 Å². The van der Waals surface area contributed by atoms with Crippen molar-refractivity contribution in [2.24, 2.45) is 0 Å². The maximum atomic E-state index is 6.04. The molecular formula is C21H26N8O. The van der Waals surface area contributed by atoms with Gasteiger partial charge in [-0.05, 0) is 24.3 Å². The van der Waals surface area contributed by atoms with Crippen LogP contribution in [-0.4, -0.2) is 51.3 Å². The summed E-state index contributed by atoms with van der Waals surface area (Å²) in [5.41, 5.74) is 8.70. The summed E-state index contributed by atoms with van der Waals surface area (Å²) in [5.74, 6) is 1.81. The highest BCUT2D eigenvalue weighted by Gasteiger charge is 2.17. The lowest BCUT2D eigenvalue weighted by molar-refractivity contribution is 0.582. The van der Waals surface area contributed by atoms with E-state index in [-0.39, 0.29) is 16.0 Å². The van der Waals surface area contributed by atoms with E-state index >= 15 is 0 Å². The first kappa shape index (κ1) is 18.2. The van der Waals surface area contributed by atoms with Gasteiger partial charge in [0.05, 0.1) is 11.9 Å². The molecule has 30 heavy (non-hydrogen) atoms. The Balaban J connectivity index is 0.00000128. The molecule has 0 unspecified atom stereocenters. The van der Waals surface area contributed by atoms with Crippen LogP contribution in [0.5, 0.6) is 0 Å². The Morgan fingerprint density at radius 2 is 1.70 bits per heavy atom.